The molecule has 0 bridgehead atoms. The molecule has 0 radical (unpaired) electrons. The first-order valence-electron chi connectivity index (χ1n) is 8.28. The van der Waals surface area contributed by atoms with Gasteiger partial charge in [-0.2, -0.15) is 5.10 Å². The zero-order valence-electron chi connectivity index (χ0n) is 15.0. The van der Waals surface area contributed by atoms with E-state index in [0.717, 1.165) is 36.1 Å². The molecule has 0 aliphatic heterocycles. The fourth-order valence-electron chi connectivity index (χ4n) is 2.39. The Labute approximate surface area is 144 Å². The summed E-state index contributed by atoms with van der Waals surface area (Å²) in [5, 5.41) is 7.96. The first kappa shape index (κ1) is 17.8. The Morgan fingerprint density at radius 1 is 1.29 bits per heavy atom. The Morgan fingerprint density at radius 3 is 2.67 bits per heavy atom. The van der Waals surface area contributed by atoms with E-state index in [4.69, 9.17) is 4.74 Å². The van der Waals surface area contributed by atoms with E-state index in [9.17, 15) is 0 Å². The van der Waals surface area contributed by atoms with Gasteiger partial charge in [-0.3, -0.25) is 4.99 Å². The number of ether oxygens (including phenoxy) is 1. The van der Waals surface area contributed by atoms with Crippen molar-refractivity contribution >= 4 is 5.96 Å². The second-order valence-electron chi connectivity index (χ2n) is 5.63. The summed E-state index contributed by atoms with van der Waals surface area (Å²) in [6.07, 6.45) is 4.29. The van der Waals surface area contributed by atoms with E-state index in [1.165, 1.54) is 6.42 Å². The van der Waals surface area contributed by atoms with Crippen molar-refractivity contribution in [2.24, 2.45) is 4.99 Å². The molecule has 0 saturated heterocycles. The minimum atomic E-state index is 0.645. The SMILES string of the molecule is CCCCN(C)C(=NC)NCc1ccn(-c2ccc(OC)cc2)n1. The average molecular weight is 329 g/mol. The van der Waals surface area contributed by atoms with E-state index in [1.807, 2.05) is 41.2 Å². The predicted molar refractivity (Wildman–Crippen MR) is 97.9 cm³/mol. The molecule has 0 unspecified atom stereocenters. The Bertz CT molecular complexity index is 648. The summed E-state index contributed by atoms with van der Waals surface area (Å²) in [6.45, 7) is 3.83. The molecule has 1 N–H and O–H groups in total. The van der Waals surface area contributed by atoms with Crippen LogP contribution in [0.2, 0.25) is 0 Å². The van der Waals surface area contributed by atoms with Crippen LogP contribution < -0.4 is 10.1 Å². The zero-order valence-corrected chi connectivity index (χ0v) is 15.0. The molecule has 0 aliphatic rings. The number of methoxy groups -OCH3 is 1. The summed E-state index contributed by atoms with van der Waals surface area (Å²) in [6, 6.07) is 9.84. The van der Waals surface area contributed by atoms with Crippen LogP contribution in [0.15, 0.2) is 41.5 Å². The number of aromatic nitrogens is 2. The third kappa shape index (κ3) is 4.75. The third-order valence-electron chi connectivity index (χ3n) is 3.83. The van der Waals surface area contributed by atoms with Gasteiger partial charge in [-0.25, -0.2) is 4.68 Å². The minimum Gasteiger partial charge on any atom is -0.497 e. The molecule has 2 aromatic rings. The van der Waals surface area contributed by atoms with Gasteiger partial charge in [0.05, 0.1) is 25.0 Å². The van der Waals surface area contributed by atoms with Gasteiger partial charge in [0.2, 0.25) is 0 Å². The normalized spacial score (nSPS) is 11.4. The molecule has 0 saturated carbocycles. The van der Waals surface area contributed by atoms with Crippen molar-refractivity contribution in [2.45, 2.75) is 26.3 Å². The number of hydrogen-bond acceptors (Lipinski definition) is 3. The highest BCUT2D eigenvalue weighted by atomic mass is 16.5. The van der Waals surface area contributed by atoms with Crippen molar-refractivity contribution in [3.8, 4) is 11.4 Å². The standard InChI is InChI=1S/C18H27N5O/c1-5-6-12-22(3)18(19-2)20-14-15-11-13-23(21-15)16-7-9-17(24-4)10-8-16/h7-11,13H,5-6,12,14H2,1-4H3,(H,19,20). The molecule has 0 aliphatic carbocycles. The number of benzene rings is 1. The highest BCUT2D eigenvalue weighted by Crippen LogP contribution is 2.14. The number of hydrogen-bond donors (Lipinski definition) is 1. The fourth-order valence-corrected chi connectivity index (χ4v) is 2.39. The van der Waals surface area contributed by atoms with Crippen molar-refractivity contribution < 1.29 is 4.74 Å². The second kappa shape index (κ2) is 8.96. The molecule has 0 spiro atoms. The van der Waals surface area contributed by atoms with Crippen molar-refractivity contribution in [3.05, 3.63) is 42.2 Å². The van der Waals surface area contributed by atoms with Crippen LogP contribution in [0, 0.1) is 0 Å². The van der Waals surface area contributed by atoms with Crippen molar-refractivity contribution in [2.75, 3.05) is 27.7 Å². The van der Waals surface area contributed by atoms with Crippen LogP contribution >= 0.6 is 0 Å². The van der Waals surface area contributed by atoms with Gasteiger partial charge < -0.3 is 15.0 Å². The van der Waals surface area contributed by atoms with E-state index in [2.05, 4.69) is 34.3 Å². The van der Waals surface area contributed by atoms with E-state index in [1.54, 1.807) is 14.2 Å². The maximum atomic E-state index is 5.18. The summed E-state index contributed by atoms with van der Waals surface area (Å²) in [7, 11) is 5.53. The Morgan fingerprint density at radius 2 is 2.04 bits per heavy atom. The quantitative estimate of drug-likeness (QED) is 0.627. The molecule has 24 heavy (non-hydrogen) atoms. The Balaban J connectivity index is 1.95. The van der Waals surface area contributed by atoms with Crippen LogP contribution in [0.1, 0.15) is 25.5 Å². The number of nitrogens with zero attached hydrogens (tertiary/aromatic N) is 4. The van der Waals surface area contributed by atoms with Gasteiger partial charge in [0, 0.05) is 26.8 Å². The fraction of sp³-hybridized carbons (Fsp3) is 0.444. The smallest absolute Gasteiger partial charge is 0.193 e. The molecule has 6 nitrogen and oxygen atoms in total. The van der Waals surface area contributed by atoms with Crippen LogP contribution in [0.25, 0.3) is 5.69 Å². The summed E-state index contributed by atoms with van der Waals surface area (Å²) >= 11 is 0. The van der Waals surface area contributed by atoms with E-state index in [-0.39, 0.29) is 0 Å². The molecule has 1 heterocycles. The van der Waals surface area contributed by atoms with Gasteiger partial charge in [0.1, 0.15) is 5.75 Å². The summed E-state index contributed by atoms with van der Waals surface area (Å²) in [5.41, 5.74) is 1.97. The molecule has 0 amide bonds. The van der Waals surface area contributed by atoms with Gasteiger partial charge in [0.25, 0.3) is 0 Å². The molecule has 0 atom stereocenters. The number of rotatable bonds is 7. The maximum Gasteiger partial charge on any atom is 0.193 e. The van der Waals surface area contributed by atoms with Crippen LogP contribution in [0.3, 0.4) is 0 Å². The lowest BCUT2D eigenvalue weighted by atomic mass is 10.3. The highest BCUT2D eigenvalue weighted by molar-refractivity contribution is 5.79. The Hall–Kier alpha value is -2.50. The number of guanidine groups is 1. The lowest BCUT2D eigenvalue weighted by Gasteiger charge is -2.21. The molecule has 0 fully saturated rings. The predicted octanol–water partition coefficient (Wildman–Crippen LogP) is 2.69. The molecule has 6 heteroatoms. The molecule has 1 aromatic carbocycles. The van der Waals surface area contributed by atoms with E-state index in [0.29, 0.717) is 6.54 Å². The van der Waals surface area contributed by atoms with Crippen molar-refractivity contribution in [1.82, 2.24) is 20.0 Å². The number of aliphatic imine (C=N–C) groups is 1. The summed E-state index contributed by atoms with van der Waals surface area (Å²) in [5.74, 6) is 1.73. The van der Waals surface area contributed by atoms with Crippen molar-refractivity contribution in [3.63, 3.8) is 0 Å². The Kier molecular flexibility index (Phi) is 6.66. The summed E-state index contributed by atoms with van der Waals surface area (Å²) in [4.78, 5) is 6.47. The molecule has 2 rings (SSSR count). The zero-order chi connectivity index (χ0) is 17.4. The topological polar surface area (TPSA) is 54.7 Å². The van der Waals surface area contributed by atoms with E-state index < -0.39 is 0 Å². The maximum absolute atomic E-state index is 5.18. The van der Waals surface area contributed by atoms with Crippen LogP contribution in [-0.4, -0.2) is 48.4 Å². The first-order valence-corrected chi connectivity index (χ1v) is 8.28. The highest BCUT2D eigenvalue weighted by Gasteiger charge is 2.07. The van der Waals surface area contributed by atoms with Gasteiger partial charge in [-0.05, 0) is 36.8 Å². The molecule has 130 valence electrons. The molecule has 1 aromatic heterocycles. The van der Waals surface area contributed by atoms with Gasteiger partial charge >= 0.3 is 0 Å². The lowest BCUT2D eigenvalue weighted by Crippen LogP contribution is -2.39. The molecular formula is C18H27N5O. The van der Waals surface area contributed by atoms with Gasteiger partial charge in [-0.1, -0.05) is 13.3 Å². The largest absolute Gasteiger partial charge is 0.497 e. The monoisotopic (exact) mass is 329 g/mol. The van der Waals surface area contributed by atoms with Crippen LogP contribution in [0.4, 0.5) is 0 Å². The minimum absolute atomic E-state index is 0.645. The second-order valence-corrected chi connectivity index (χ2v) is 5.63. The first-order chi connectivity index (χ1) is 11.7. The van der Waals surface area contributed by atoms with Crippen LogP contribution in [0.5, 0.6) is 5.75 Å². The van der Waals surface area contributed by atoms with E-state index >= 15 is 0 Å². The number of nitrogens with one attached hydrogen (secondary N) is 1. The average Bonchev–Trinajstić information content (AvgIpc) is 3.09. The van der Waals surface area contributed by atoms with Gasteiger partial charge in [-0.15, -0.1) is 0 Å². The lowest BCUT2D eigenvalue weighted by molar-refractivity contribution is 0.414. The molecular weight excluding hydrogens is 302 g/mol. The van der Waals surface area contributed by atoms with Gasteiger partial charge in [0.15, 0.2) is 5.96 Å². The third-order valence-corrected chi connectivity index (χ3v) is 3.83. The summed E-state index contributed by atoms with van der Waals surface area (Å²) < 4.78 is 7.04. The number of unbranched alkanes of at least 4 members (excludes halogenated alkanes) is 1. The van der Waals surface area contributed by atoms with Crippen LogP contribution in [-0.2, 0) is 6.54 Å². The van der Waals surface area contributed by atoms with Crippen molar-refractivity contribution in [1.29, 1.82) is 0 Å².